The molecule has 0 amide bonds. The number of carbonyl (C=O) groups is 1. The molecule has 2 rings (SSSR count). The summed E-state index contributed by atoms with van der Waals surface area (Å²) in [4.78, 5) is 16.0. The molecule has 104 valence electrons. The molecule has 1 aromatic rings. The van der Waals surface area contributed by atoms with Crippen molar-refractivity contribution in [3.63, 3.8) is 0 Å². The number of aromatic nitrogens is 1. The van der Waals surface area contributed by atoms with Crippen LogP contribution in [0.5, 0.6) is 0 Å². The Balaban J connectivity index is 2.03. The summed E-state index contributed by atoms with van der Waals surface area (Å²) in [5, 5.41) is 9.66. The van der Waals surface area contributed by atoms with E-state index < -0.39 is 11.4 Å². The SMILES string of the molecule is O=C(O)C1(CCc2ccccn2)CCCCCCC1. The van der Waals surface area contributed by atoms with Crippen LogP contribution >= 0.6 is 0 Å². The molecule has 0 spiro atoms. The average molecular weight is 261 g/mol. The maximum absolute atomic E-state index is 11.7. The number of hydrogen-bond donors (Lipinski definition) is 1. The Morgan fingerprint density at radius 1 is 1.16 bits per heavy atom. The Kier molecular flexibility index (Phi) is 4.94. The van der Waals surface area contributed by atoms with Gasteiger partial charge in [0.1, 0.15) is 0 Å². The highest BCUT2D eigenvalue weighted by Gasteiger charge is 2.37. The molecule has 0 aromatic carbocycles. The summed E-state index contributed by atoms with van der Waals surface area (Å²) in [6, 6.07) is 5.85. The molecule has 0 bridgehead atoms. The minimum atomic E-state index is -0.606. The van der Waals surface area contributed by atoms with E-state index in [-0.39, 0.29) is 0 Å². The first-order valence-corrected chi connectivity index (χ1v) is 7.36. The fraction of sp³-hybridized carbons (Fsp3) is 0.625. The van der Waals surface area contributed by atoms with Crippen LogP contribution in [0.15, 0.2) is 24.4 Å². The monoisotopic (exact) mass is 261 g/mol. The van der Waals surface area contributed by atoms with Gasteiger partial charge in [-0.15, -0.1) is 0 Å². The van der Waals surface area contributed by atoms with Crippen molar-refractivity contribution in [3.8, 4) is 0 Å². The van der Waals surface area contributed by atoms with Gasteiger partial charge in [-0.05, 0) is 37.8 Å². The van der Waals surface area contributed by atoms with Crippen LogP contribution in [0.2, 0.25) is 0 Å². The second-order valence-corrected chi connectivity index (χ2v) is 5.67. The predicted molar refractivity (Wildman–Crippen MR) is 74.9 cm³/mol. The zero-order chi connectivity index (χ0) is 13.6. The van der Waals surface area contributed by atoms with Gasteiger partial charge >= 0.3 is 5.97 Å². The zero-order valence-corrected chi connectivity index (χ0v) is 11.5. The Bertz CT molecular complexity index is 394. The van der Waals surface area contributed by atoms with Gasteiger partial charge in [0, 0.05) is 11.9 Å². The van der Waals surface area contributed by atoms with Crippen molar-refractivity contribution in [1.82, 2.24) is 4.98 Å². The first kappa shape index (κ1) is 14.0. The van der Waals surface area contributed by atoms with Crippen molar-refractivity contribution in [2.75, 3.05) is 0 Å². The van der Waals surface area contributed by atoms with Crippen molar-refractivity contribution in [2.24, 2.45) is 5.41 Å². The third-order valence-corrected chi connectivity index (χ3v) is 4.35. The van der Waals surface area contributed by atoms with Crippen LogP contribution in [0.4, 0.5) is 0 Å². The summed E-state index contributed by atoms with van der Waals surface area (Å²) in [7, 11) is 0. The molecule has 0 radical (unpaired) electrons. The van der Waals surface area contributed by atoms with Crippen LogP contribution in [-0.4, -0.2) is 16.1 Å². The van der Waals surface area contributed by atoms with Gasteiger partial charge in [0.2, 0.25) is 0 Å². The van der Waals surface area contributed by atoms with Crippen LogP contribution < -0.4 is 0 Å². The molecule has 0 unspecified atom stereocenters. The molecule has 1 aliphatic rings. The summed E-state index contributed by atoms with van der Waals surface area (Å²) in [5.74, 6) is -0.606. The van der Waals surface area contributed by atoms with E-state index >= 15 is 0 Å². The van der Waals surface area contributed by atoms with E-state index in [0.717, 1.165) is 44.2 Å². The lowest BCUT2D eigenvalue weighted by molar-refractivity contribution is -0.150. The highest BCUT2D eigenvalue weighted by atomic mass is 16.4. The maximum Gasteiger partial charge on any atom is 0.309 e. The highest BCUT2D eigenvalue weighted by Crippen LogP contribution is 2.38. The van der Waals surface area contributed by atoms with Gasteiger partial charge in [-0.3, -0.25) is 9.78 Å². The first-order chi connectivity index (χ1) is 9.23. The van der Waals surface area contributed by atoms with E-state index in [1.807, 2.05) is 18.2 Å². The quantitative estimate of drug-likeness (QED) is 0.896. The normalized spacial score (nSPS) is 19.4. The van der Waals surface area contributed by atoms with Crippen molar-refractivity contribution < 1.29 is 9.90 Å². The smallest absolute Gasteiger partial charge is 0.309 e. The Morgan fingerprint density at radius 2 is 1.84 bits per heavy atom. The van der Waals surface area contributed by atoms with Gasteiger partial charge in [-0.1, -0.05) is 38.2 Å². The second kappa shape index (κ2) is 6.69. The van der Waals surface area contributed by atoms with Gasteiger partial charge in [-0.2, -0.15) is 0 Å². The number of hydrogen-bond acceptors (Lipinski definition) is 2. The third-order valence-electron chi connectivity index (χ3n) is 4.35. The van der Waals surface area contributed by atoms with E-state index in [1.54, 1.807) is 6.20 Å². The Hall–Kier alpha value is -1.38. The van der Waals surface area contributed by atoms with Crippen molar-refractivity contribution in [1.29, 1.82) is 0 Å². The van der Waals surface area contributed by atoms with Crippen LogP contribution in [-0.2, 0) is 11.2 Å². The molecule has 0 saturated heterocycles. The summed E-state index contributed by atoms with van der Waals surface area (Å²) in [5.41, 5.74) is 0.489. The van der Waals surface area contributed by atoms with Gasteiger partial charge in [0.05, 0.1) is 5.41 Å². The minimum Gasteiger partial charge on any atom is -0.481 e. The molecule has 1 saturated carbocycles. The lowest BCUT2D eigenvalue weighted by atomic mass is 9.73. The molecule has 1 aliphatic carbocycles. The second-order valence-electron chi connectivity index (χ2n) is 5.67. The number of rotatable bonds is 4. The van der Waals surface area contributed by atoms with Crippen molar-refractivity contribution in [3.05, 3.63) is 30.1 Å². The van der Waals surface area contributed by atoms with E-state index in [2.05, 4.69) is 4.98 Å². The Morgan fingerprint density at radius 3 is 2.42 bits per heavy atom. The molecule has 0 aliphatic heterocycles. The summed E-state index contributed by atoms with van der Waals surface area (Å²) in [6.07, 6.45) is 10.6. The van der Waals surface area contributed by atoms with Crippen LogP contribution in [0.1, 0.15) is 57.1 Å². The Labute approximate surface area is 115 Å². The van der Waals surface area contributed by atoms with E-state index in [9.17, 15) is 9.90 Å². The average Bonchev–Trinajstić information content (AvgIpc) is 2.39. The lowest BCUT2D eigenvalue weighted by Crippen LogP contribution is -2.32. The molecule has 19 heavy (non-hydrogen) atoms. The molecule has 1 heterocycles. The van der Waals surface area contributed by atoms with Gasteiger partial charge in [0.25, 0.3) is 0 Å². The predicted octanol–water partition coefficient (Wildman–Crippen LogP) is 3.83. The van der Waals surface area contributed by atoms with Crippen molar-refractivity contribution in [2.45, 2.75) is 57.8 Å². The van der Waals surface area contributed by atoms with Crippen LogP contribution in [0, 0.1) is 5.41 Å². The van der Waals surface area contributed by atoms with Gasteiger partial charge in [-0.25, -0.2) is 0 Å². The number of pyridine rings is 1. The topological polar surface area (TPSA) is 50.2 Å². The number of carboxylic acids is 1. The van der Waals surface area contributed by atoms with Gasteiger partial charge in [0.15, 0.2) is 0 Å². The number of carboxylic acid groups (broad SMARTS) is 1. The standard InChI is InChI=1S/C16H23NO2/c18-15(19)16(10-5-2-1-3-6-11-16)12-9-14-8-4-7-13-17-14/h4,7-8,13H,1-3,5-6,9-12H2,(H,18,19). The zero-order valence-electron chi connectivity index (χ0n) is 11.5. The minimum absolute atomic E-state index is 0.516. The largest absolute Gasteiger partial charge is 0.481 e. The summed E-state index contributed by atoms with van der Waals surface area (Å²) in [6.45, 7) is 0. The molecule has 3 heteroatoms. The molecular weight excluding hydrogens is 238 g/mol. The lowest BCUT2D eigenvalue weighted by Gasteiger charge is -2.31. The van der Waals surface area contributed by atoms with Gasteiger partial charge < -0.3 is 5.11 Å². The van der Waals surface area contributed by atoms with Crippen molar-refractivity contribution >= 4 is 5.97 Å². The first-order valence-electron chi connectivity index (χ1n) is 7.36. The maximum atomic E-state index is 11.7. The van der Waals surface area contributed by atoms with E-state index in [0.29, 0.717) is 0 Å². The summed E-state index contributed by atoms with van der Waals surface area (Å²) >= 11 is 0. The van der Waals surface area contributed by atoms with E-state index in [1.165, 1.54) is 19.3 Å². The number of nitrogens with zero attached hydrogens (tertiary/aromatic N) is 1. The fourth-order valence-electron chi connectivity index (χ4n) is 3.07. The molecule has 3 nitrogen and oxygen atoms in total. The molecule has 1 fully saturated rings. The molecular formula is C16H23NO2. The fourth-order valence-corrected chi connectivity index (χ4v) is 3.07. The third kappa shape index (κ3) is 3.79. The summed E-state index contributed by atoms with van der Waals surface area (Å²) < 4.78 is 0. The molecule has 1 aromatic heterocycles. The number of aryl methyl sites for hydroxylation is 1. The molecule has 1 N–H and O–H groups in total. The number of aliphatic carboxylic acids is 1. The van der Waals surface area contributed by atoms with Crippen LogP contribution in [0.3, 0.4) is 0 Å². The van der Waals surface area contributed by atoms with Crippen LogP contribution in [0.25, 0.3) is 0 Å². The van der Waals surface area contributed by atoms with E-state index in [4.69, 9.17) is 0 Å². The highest BCUT2D eigenvalue weighted by molar-refractivity contribution is 5.74. The molecule has 0 atom stereocenters.